The smallest absolute Gasteiger partial charge is 0.175 e. The monoisotopic (exact) mass is 364 g/mol. The van der Waals surface area contributed by atoms with Crippen molar-refractivity contribution >= 4 is 32.9 Å². The van der Waals surface area contributed by atoms with Gasteiger partial charge < -0.3 is 15.4 Å². The Morgan fingerprint density at radius 1 is 1.08 bits per heavy atom. The Hall–Kier alpha value is -2.12. The zero-order valence-corrected chi connectivity index (χ0v) is 15.2. The maximum atomic E-state index is 11.4. The molecular weight excluding hydrogens is 344 g/mol. The van der Waals surface area contributed by atoms with Crippen molar-refractivity contribution < 1.29 is 13.2 Å². The van der Waals surface area contributed by atoms with Gasteiger partial charge in [0.05, 0.1) is 11.5 Å². The molecule has 0 saturated carbocycles. The van der Waals surface area contributed by atoms with Crippen molar-refractivity contribution in [3.8, 4) is 5.75 Å². The number of hydrogen-bond acceptors (Lipinski definition) is 4. The van der Waals surface area contributed by atoms with Gasteiger partial charge in [0.25, 0.3) is 0 Å². The summed E-state index contributed by atoms with van der Waals surface area (Å²) in [4.78, 5) is 0.307. The highest BCUT2D eigenvalue weighted by atomic mass is 32.2. The molecule has 7 heteroatoms. The number of anilines is 1. The van der Waals surface area contributed by atoms with Gasteiger partial charge in [0.1, 0.15) is 5.75 Å². The molecule has 0 fully saturated rings. The van der Waals surface area contributed by atoms with Crippen molar-refractivity contribution in [3.05, 3.63) is 54.1 Å². The second-order valence-electron chi connectivity index (χ2n) is 5.18. The van der Waals surface area contributed by atoms with Gasteiger partial charge in [-0.1, -0.05) is 12.1 Å². The molecule has 24 heavy (non-hydrogen) atoms. The lowest BCUT2D eigenvalue weighted by Gasteiger charge is -2.11. The predicted octanol–water partition coefficient (Wildman–Crippen LogP) is 2.98. The zero-order valence-electron chi connectivity index (χ0n) is 13.6. The van der Waals surface area contributed by atoms with Crippen molar-refractivity contribution in [1.82, 2.24) is 5.32 Å². The lowest BCUT2D eigenvalue weighted by Crippen LogP contribution is -2.27. The highest BCUT2D eigenvalue weighted by Crippen LogP contribution is 2.15. The van der Waals surface area contributed by atoms with Gasteiger partial charge in [-0.25, -0.2) is 8.42 Å². The summed E-state index contributed by atoms with van der Waals surface area (Å²) in [5.41, 5.74) is 1.81. The third kappa shape index (κ3) is 5.50. The summed E-state index contributed by atoms with van der Waals surface area (Å²) >= 11 is 5.25. The minimum Gasteiger partial charge on any atom is -0.494 e. The second-order valence-corrected chi connectivity index (χ2v) is 7.61. The van der Waals surface area contributed by atoms with Crippen LogP contribution < -0.4 is 15.4 Å². The number of hydrogen-bond donors (Lipinski definition) is 2. The molecule has 0 heterocycles. The number of benzene rings is 2. The first-order chi connectivity index (χ1) is 11.4. The zero-order chi connectivity index (χ0) is 17.6. The van der Waals surface area contributed by atoms with E-state index in [1.807, 2.05) is 31.2 Å². The van der Waals surface area contributed by atoms with Crippen LogP contribution in [-0.2, 0) is 16.4 Å². The SMILES string of the molecule is CCOc1ccc(NC(=S)NCc2ccc(S(C)(=O)=O)cc2)cc1. The van der Waals surface area contributed by atoms with Crippen LogP contribution in [0.3, 0.4) is 0 Å². The van der Waals surface area contributed by atoms with E-state index in [0.717, 1.165) is 17.0 Å². The Labute approximate surface area is 148 Å². The number of ether oxygens (including phenoxy) is 1. The molecule has 0 atom stereocenters. The van der Waals surface area contributed by atoms with Crippen LogP contribution >= 0.6 is 12.2 Å². The molecule has 0 spiro atoms. The van der Waals surface area contributed by atoms with E-state index in [4.69, 9.17) is 17.0 Å². The van der Waals surface area contributed by atoms with E-state index in [0.29, 0.717) is 23.2 Å². The van der Waals surface area contributed by atoms with Gasteiger partial charge in [-0.2, -0.15) is 0 Å². The molecule has 0 aliphatic carbocycles. The van der Waals surface area contributed by atoms with Crippen LogP contribution in [0.15, 0.2) is 53.4 Å². The van der Waals surface area contributed by atoms with Crippen molar-refractivity contribution in [1.29, 1.82) is 0 Å². The van der Waals surface area contributed by atoms with Gasteiger partial charge >= 0.3 is 0 Å². The molecule has 0 unspecified atom stereocenters. The van der Waals surface area contributed by atoms with Gasteiger partial charge in [-0.05, 0) is 61.1 Å². The molecule has 0 aromatic heterocycles. The third-order valence-corrected chi connectivity index (χ3v) is 4.60. The number of rotatable bonds is 6. The fraction of sp³-hybridized carbons (Fsp3) is 0.235. The summed E-state index contributed by atoms with van der Waals surface area (Å²) in [6.45, 7) is 3.07. The number of thiocarbonyl (C=S) groups is 1. The molecule has 0 bridgehead atoms. The topological polar surface area (TPSA) is 67.4 Å². The number of nitrogens with one attached hydrogen (secondary N) is 2. The largest absolute Gasteiger partial charge is 0.494 e. The minimum absolute atomic E-state index is 0.307. The fourth-order valence-corrected chi connectivity index (χ4v) is 2.83. The van der Waals surface area contributed by atoms with E-state index < -0.39 is 9.84 Å². The summed E-state index contributed by atoms with van der Waals surface area (Å²) in [6, 6.07) is 14.2. The second kappa shape index (κ2) is 8.12. The van der Waals surface area contributed by atoms with Crippen LogP contribution in [0.5, 0.6) is 5.75 Å². The molecule has 0 amide bonds. The molecule has 0 saturated heterocycles. The fourth-order valence-electron chi connectivity index (χ4n) is 2.01. The Kier molecular flexibility index (Phi) is 6.16. The van der Waals surface area contributed by atoms with Gasteiger partial charge in [0.2, 0.25) is 0 Å². The van der Waals surface area contributed by atoms with Crippen LogP contribution in [0.1, 0.15) is 12.5 Å². The van der Waals surface area contributed by atoms with E-state index in [-0.39, 0.29) is 0 Å². The normalized spacial score (nSPS) is 10.9. The lowest BCUT2D eigenvalue weighted by molar-refractivity contribution is 0.340. The Bertz CT molecular complexity index is 786. The molecule has 5 nitrogen and oxygen atoms in total. The summed E-state index contributed by atoms with van der Waals surface area (Å²) in [6.07, 6.45) is 1.19. The molecular formula is C17H20N2O3S2. The van der Waals surface area contributed by atoms with Crippen LogP contribution in [0.4, 0.5) is 5.69 Å². The van der Waals surface area contributed by atoms with E-state index in [1.54, 1.807) is 24.3 Å². The van der Waals surface area contributed by atoms with Crippen molar-refractivity contribution in [2.75, 3.05) is 18.2 Å². The van der Waals surface area contributed by atoms with E-state index in [1.165, 1.54) is 6.26 Å². The molecule has 2 aromatic rings. The highest BCUT2D eigenvalue weighted by molar-refractivity contribution is 7.90. The first kappa shape index (κ1) is 18.2. The Morgan fingerprint density at radius 2 is 1.71 bits per heavy atom. The van der Waals surface area contributed by atoms with Crippen LogP contribution in [0.25, 0.3) is 0 Å². The van der Waals surface area contributed by atoms with Crippen molar-refractivity contribution in [2.24, 2.45) is 0 Å². The first-order valence-corrected chi connectivity index (χ1v) is 9.75. The summed E-state index contributed by atoms with van der Waals surface area (Å²) < 4.78 is 28.2. The third-order valence-electron chi connectivity index (χ3n) is 3.23. The first-order valence-electron chi connectivity index (χ1n) is 7.45. The Morgan fingerprint density at radius 3 is 2.25 bits per heavy atom. The average molecular weight is 364 g/mol. The van der Waals surface area contributed by atoms with Gasteiger partial charge in [-0.15, -0.1) is 0 Å². The Balaban J connectivity index is 1.86. The van der Waals surface area contributed by atoms with E-state index >= 15 is 0 Å². The summed E-state index contributed by atoms with van der Waals surface area (Å²) in [7, 11) is -3.17. The average Bonchev–Trinajstić information content (AvgIpc) is 2.55. The van der Waals surface area contributed by atoms with Crippen molar-refractivity contribution in [3.63, 3.8) is 0 Å². The predicted molar refractivity (Wildman–Crippen MR) is 100 cm³/mol. The molecule has 2 aromatic carbocycles. The molecule has 0 aliphatic rings. The van der Waals surface area contributed by atoms with E-state index in [2.05, 4.69) is 10.6 Å². The van der Waals surface area contributed by atoms with Crippen LogP contribution in [0, 0.1) is 0 Å². The van der Waals surface area contributed by atoms with Crippen LogP contribution in [0.2, 0.25) is 0 Å². The molecule has 128 valence electrons. The molecule has 2 N–H and O–H groups in total. The van der Waals surface area contributed by atoms with Gasteiger partial charge in [-0.3, -0.25) is 0 Å². The standard InChI is InChI=1S/C17H20N2O3S2/c1-3-22-15-8-6-14(7-9-15)19-17(23)18-12-13-4-10-16(11-5-13)24(2,20)21/h4-11H,3,12H2,1-2H3,(H2,18,19,23). The van der Waals surface area contributed by atoms with E-state index in [9.17, 15) is 8.42 Å². The van der Waals surface area contributed by atoms with Gasteiger partial charge in [0.15, 0.2) is 14.9 Å². The number of sulfone groups is 1. The molecule has 0 aliphatic heterocycles. The summed E-state index contributed by atoms with van der Waals surface area (Å²) in [5.74, 6) is 0.813. The van der Waals surface area contributed by atoms with Gasteiger partial charge in [0, 0.05) is 18.5 Å². The highest BCUT2D eigenvalue weighted by Gasteiger charge is 2.06. The minimum atomic E-state index is -3.17. The maximum Gasteiger partial charge on any atom is 0.175 e. The lowest BCUT2D eigenvalue weighted by atomic mass is 10.2. The quantitative estimate of drug-likeness (QED) is 0.768. The summed E-state index contributed by atoms with van der Waals surface area (Å²) in [5, 5.41) is 6.66. The van der Waals surface area contributed by atoms with Crippen LogP contribution in [-0.4, -0.2) is 26.4 Å². The molecule has 0 radical (unpaired) electrons. The molecule has 2 rings (SSSR count). The maximum absolute atomic E-state index is 11.4. The van der Waals surface area contributed by atoms with Crippen molar-refractivity contribution in [2.45, 2.75) is 18.4 Å².